The molecule has 14 heteroatoms. The molecule has 0 heterocycles. The highest BCUT2D eigenvalue weighted by Gasteiger charge is 2.33. The Hall–Kier alpha value is -3.26. The molecule has 2 aromatic carbocycles. The van der Waals surface area contributed by atoms with Crippen LogP contribution in [0, 0.1) is 5.92 Å². The normalized spacial score (nSPS) is 19.3. The number of nitrogens with one attached hydrogen (secondary N) is 4. The van der Waals surface area contributed by atoms with E-state index in [2.05, 4.69) is 21.3 Å². The van der Waals surface area contributed by atoms with Crippen molar-refractivity contribution in [2.75, 3.05) is 23.9 Å². The van der Waals surface area contributed by atoms with Crippen molar-refractivity contribution in [3.05, 3.63) is 53.6 Å². The van der Waals surface area contributed by atoms with E-state index in [0.717, 1.165) is 55.6 Å². The third-order valence-corrected chi connectivity index (χ3v) is 10.6. The quantitative estimate of drug-likeness (QED) is 0.255. The molecule has 2 saturated carbocycles. The van der Waals surface area contributed by atoms with Crippen LogP contribution in [0.1, 0.15) is 67.3 Å². The molecule has 0 saturated heterocycles. The van der Waals surface area contributed by atoms with E-state index in [1.165, 1.54) is 11.8 Å². The Morgan fingerprint density at radius 1 is 0.909 bits per heavy atom. The predicted molar refractivity (Wildman–Crippen MR) is 162 cm³/mol. The van der Waals surface area contributed by atoms with Gasteiger partial charge in [0.2, 0.25) is 5.91 Å². The number of carbonyl (C=O) groups excluding carboxylic acids is 3. The minimum Gasteiger partial charge on any atom is -0.352 e. The van der Waals surface area contributed by atoms with Crippen LogP contribution in [0.3, 0.4) is 0 Å². The van der Waals surface area contributed by atoms with E-state index >= 15 is 0 Å². The number of alkyl halides is 3. The van der Waals surface area contributed by atoms with E-state index in [0.29, 0.717) is 18.9 Å². The van der Waals surface area contributed by atoms with E-state index in [4.69, 9.17) is 0 Å². The molecule has 0 unspecified atom stereocenters. The molecule has 0 spiro atoms. The Bertz CT molecular complexity index is 1450. The van der Waals surface area contributed by atoms with Crippen LogP contribution < -0.4 is 21.3 Å². The molecule has 0 bridgehead atoms. The highest BCUT2D eigenvalue weighted by Crippen LogP contribution is 2.32. The van der Waals surface area contributed by atoms with Gasteiger partial charge in [0.25, 0.3) is 5.91 Å². The van der Waals surface area contributed by atoms with E-state index in [-0.39, 0.29) is 28.3 Å². The molecule has 4 N–H and O–H groups in total. The average Bonchev–Trinajstić information content (AvgIpc) is 3.49. The molecule has 0 aliphatic heterocycles. The van der Waals surface area contributed by atoms with Crippen molar-refractivity contribution in [3.8, 4) is 0 Å². The Kier molecular flexibility index (Phi) is 11.2. The summed E-state index contributed by atoms with van der Waals surface area (Å²) in [5, 5.41) is 10.4. The number of hydrogen-bond acceptors (Lipinski definition) is 6. The summed E-state index contributed by atoms with van der Waals surface area (Å²) in [7, 11) is -3.62. The highest BCUT2D eigenvalue weighted by atomic mass is 32.2. The Morgan fingerprint density at radius 2 is 1.57 bits per heavy atom. The van der Waals surface area contributed by atoms with Crippen LogP contribution in [-0.2, 0) is 20.8 Å². The fourth-order valence-corrected chi connectivity index (χ4v) is 7.82. The first-order valence-corrected chi connectivity index (χ1v) is 17.5. The molecular formula is C30H37F3N4O5S2. The Morgan fingerprint density at radius 3 is 2.23 bits per heavy atom. The van der Waals surface area contributed by atoms with Gasteiger partial charge in [-0.15, -0.1) is 11.8 Å². The van der Waals surface area contributed by atoms with E-state index < -0.39 is 57.6 Å². The lowest BCUT2D eigenvalue weighted by Crippen LogP contribution is -2.47. The van der Waals surface area contributed by atoms with Gasteiger partial charge in [-0.05, 0) is 80.3 Å². The molecule has 0 aromatic heterocycles. The number of halogens is 3. The summed E-state index contributed by atoms with van der Waals surface area (Å²) in [6, 6.07) is 7.90. The molecule has 2 aromatic rings. The molecule has 9 nitrogen and oxygen atoms in total. The van der Waals surface area contributed by atoms with Gasteiger partial charge < -0.3 is 21.3 Å². The molecule has 0 radical (unpaired) electrons. The minimum absolute atomic E-state index is 0.0512. The van der Waals surface area contributed by atoms with Gasteiger partial charge in [-0.25, -0.2) is 13.2 Å². The Labute approximate surface area is 259 Å². The predicted octanol–water partition coefficient (Wildman–Crippen LogP) is 5.37. The van der Waals surface area contributed by atoms with Gasteiger partial charge in [0.1, 0.15) is 0 Å². The van der Waals surface area contributed by atoms with Crippen LogP contribution in [0.4, 0.5) is 23.7 Å². The molecule has 2 aliphatic carbocycles. The number of anilines is 1. The number of amides is 4. The summed E-state index contributed by atoms with van der Waals surface area (Å²) in [5.41, 5.74) is -1.65. The van der Waals surface area contributed by atoms with E-state index in [1.807, 2.05) is 6.26 Å². The highest BCUT2D eigenvalue weighted by molar-refractivity contribution is 7.98. The lowest BCUT2D eigenvalue weighted by molar-refractivity contribution is -0.137. The molecule has 4 amide bonds. The SMILES string of the molecule is CSc1ccc(S(=O)(=O)C[C@@H]2CCCC[C@@H]2NC(=O)CNC(=O)c2cc(C(F)(F)F)ccc2NC(=O)NC2CCCC2)cc1. The minimum atomic E-state index is -4.73. The zero-order chi connectivity index (χ0) is 31.9. The molecule has 44 heavy (non-hydrogen) atoms. The summed E-state index contributed by atoms with van der Waals surface area (Å²) in [6.07, 6.45) is 3.44. The van der Waals surface area contributed by atoms with Gasteiger partial charge in [-0.2, -0.15) is 13.2 Å². The van der Waals surface area contributed by atoms with Crippen LogP contribution >= 0.6 is 11.8 Å². The second-order valence-electron chi connectivity index (χ2n) is 11.2. The van der Waals surface area contributed by atoms with Crippen molar-refractivity contribution in [2.24, 2.45) is 5.92 Å². The smallest absolute Gasteiger partial charge is 0.352 e. The fourth-order valence-electron chi connectivity index (χ4n) is 5.70. The summed E-state index contributed by atoms with van der Waals surface area (Å²) in [4.78, 5) is 39.5. The first kappa shape index (κ1) is 33.6. The maximum absolute atomic E-state index is 13.4. The topological polar surface area (TPSA) is 133 Å². The van der Waals surface area contributed by atoms with Gasteiger partial charge in [0.05, 0.1) is 34.0 Å². The number of hydrogen-bond donors (Lipinski definition) is 4. The number of urea groups is 1. The van der Waals surface area contributed by atoms with E-state index in [1.54, 1.807) is 24.3 Å². The van der Waals surface area contributed by atoms with Crippen molar-refractivity contribution >= 4 is 45.1 Å². The maximum atomic E-state index is 13.4. The second kappa shape index (κ2) is 14.7. The number of sulfone groups is 1. The summed E-state index contributed by atoms with van der Waals surface area (Å²) in [5.74, 6) is -2.06. The summed E-state index contributed by atoms with van der Waals surface area (Å²) >= 11 is 1.50. The van der Waals surface area contributed by atoms with Crippen LogP contribution in [0.15, 0.2) is 52.3 Å². The summed E-state index contributed by atoms with van der Waals surface area (Å²) < 4.78 is 66.5. The lowest BCUT2D eigenvalue weighted by Gasteiger charge is -2.32. The third kappa shape index (κ3) is 9.13. The van der Waals surface area contributed by atoms with Crippen molar-refractivity contribution in [1.82, 2.24) is 16.0 Å². The number of carbonyl (C=O) groups is 3. The summed E-state index contributed by atoms with van der Waals surface area (Å²) in [6.45, 7) is -0.547. The Balaban J connectivity index is 1.39. The zero-order valence-electron chi connectivity index (χ0n) is 24.3. The first-order chi connectivity index (χ1) is 20.9. The molecule has 2 fully saturated rings. The van der Waals surface area contributed by atoms with Gasteiger partial charge in [-0.3, -0.25) is 9.59 Å². The standard InChI is InChI=1S/C30H37F3N4O5S2/c1-43-22-11-13-23(14-12-22)44(41,42)18-19-6-2-5-9-25(19)36-27(38)17-34-28(39)24-16-20(30(31,32)33)10-15-26(24)37-29(40)35-21-7-3-4-8-21/h10-16,19,21,25H,2-9,17-18H2,1H3,(H,34,39)(H,36,38)(H2,35,37,40)/t19-,25-/m0/s1. The maximum Gasteiger partial charge on any atom is 0.416 e. The van der Waals surface area contributed by atoms with Gasteiger partial charge in [-0.1, -0.05) is 25.7 Å². The number of benzene rings is 2. The molecular weight excluding hydrogens is 617 g/mol. The largest absolute Gasteiger partial charge is 0.416 e. The fraction of sp³-hybridized carbons (Fsp3) is 0.500. The monoisotopic (exact) mass is 654 g/mol. The zero-order valence-corrected chi connectivity index (χ0v) is 26.0. The number of rotatable bonds is 10. The molecule has 2 aliphatic rings. The third-order valence-electron chi connectivity index (χ3n) is 8.05. The van der Waals surface area contributed by atoms with Crippen LogP contribution in [-0.4, -0.2) is 56.9 Å². The first-order valence-electron chi connectivity index (χ1n) is 14.6. The average molecular weight is 655 g/mol. The van der Waals surface area contributed by atoms with Crippen molar-refractivity contribution in [2.45, 2.75) is 79.4 Å². The lowest BCUT2D eigenvalue weighted by atomic mass is 9.86. The van der Waals surface area contributed by atoms with Crippen molar-refractivity contribution in [1.29, 1.82) is 0 Å². The van der Waals surface area contributed by atoms with Gasteiger partial charge in [0, 0.05) is 17.0 Å². The van der Waals surface area contributed by atoms with Crippen LogP contribution in [0.2, 0.25) is 0 Å². The molecule has 2 atom stereocenters. The van der Waals surface area contributed by atoms with E-state index in [9.17, 15) is 36.0 Å². The van der Waals surface area contributed by atoms with Crippen LogP contribution in [0.5, 0.6) is 0 Å². The second-order valence-corrected chi connectivity index (χ2v) is 14.1. The number of thioether (sulfide) groups is 1. The van der Waals surface area contributed by atoms with Gasteiger partial charge >= 0.3 is 12.2 Å². The van der Waals surface area contributed by atoms with Crippen molar-refractivity contribution in [3.63, 3.8) is 0 Å². The molecule has 4 rings (SSSR count). The van der Waals surface area contributed by atoms with Crippen LogP contribution in [0.25, 0.3) is 0 Å². The van der Waals surface area contributed by atoms with Crippen molar-refractivity contribution < 1.29 is 36.0 Å². The molecule has 240 valence electrons. The van der Waals surface area contributed by atoms with Gasteiger partial charge in [0.15, 0.2) is 9.84 Å².